The Bertz CT molecular complexity index is 321. The van der Waals surface area contributed by atoms with E-state index >= 15 is 0 Å². The molecule has 0 aromatic heterocycles. The lowest BCUT2D eigenvalue weighted by atomic mass is 10.0. The van der Waals surface area contributed by atoms with Gasteiger partial charge in [0.1, 0.15) is 0 Å². The first kappa shape index (κ1) is 20.2. The number of hydrogen-bond acceptors (Lipinski definition) is 3. The van der Waals surface area contributed by atoms with E-state index in [4.69, 9.17) is 0 Å². The van der Waals surface area contributed by atoms with Crippen molar-refractivity contribution in [3.63, 3.8) is 0 Å². The zero-order valence-corrected chi connectivity index (χ0v) is 16.1. The normalized spacial score (nSPS) is 18.0. The summed E-state index contributed by atoms with van der Waals surface area (Å²) in [6.45, 7) is 17.0. The Balaban J connectivity index is 2.24. The molecule has 0 radical (unpaired) electrons. The number of rotatable bonds is 9. The molecule has 0 aliphatic carbocycles. The van der Waals surface area contributed by atoms with Crippen LogP contribution in [0.4, 0.5) is 0 Å². The molecule has 0 bridgehead atoms. The summed E-state index contributed by atoms with van der Waals surface area (Å²) in [4.78, 5) is 9.44. The highest BCUT2D eigenvalue weighted by Gasteiger charge is 2.20. The molecule has 0 amide bonds. The Morgan fingerprint density at radius 1 is 1.22 bits per heavy atom. The quantitative estimate of drug-likeness (QED) is 0.503. The molecular weight excluding hydrogens is 286 g/mol. The Kier molecular flexibility index (Phi) is 10.3. The van der Waals surface area contributed by atoms with Crippen molar-refractivity contribution in [1.29, 1.82) is 0 Å². The highest BCUT2D eigenvalue weighted by Crippen LogP contribution is 2.11. The Morgan fingerprint density at radius 2 is 1.91 bits per heavy atom. The van der Waals surface area contributed by atoms with Gasteiger partial charge in [-0.05, 0) is 38.3 Å². The van der Waals surface area contributed by atoms with E-state index in [0.29, 0.717) is 6.04 Å². The molecule has 1 rings (SSSR count). The minimum absolute atomic E-state index is 0.558. The van der Waals surface area contributed by atoms with Gasteiger partial charge in [-0.15, -0.1) is 0 Å². The largest absolute Gasteiger partial charge is 0.355 e. The molecule has 0 unspecified atom stereocenters. The van der Waals surface area contributed by atoms with E-state index in [2.05, 4.69) is 53.1 Å². The second kappa shape index (κ2) is 11.7. The van der Waals surface area contributed by atoms with Gasteiger partial charge in [-0.3, -0.25) is 4.99 Å². The summed E-state index contributed by atoms with van der Waals surface area (Å²) < 4.78 is 0. The van der Waals surface area contributed by atoms with Crippen LogP contribution in [0.25, 0.3) is 0 Å². The lowest BCUT2D eigenvalue weighted by Gasteiger charge is -2.34. The number of aliphatic imine (C=N–C) groups is 1. The first-order chi connectivity index (χ1) is 11.1. The highest BCUT2D eigenvalue weighted by atomic mass is 15.2. The zero-order valence-electron chi connectivity index (χ0n) is 16.1. The fraction of sp³-hybridized carbons (Fsp3) is 0.944. The van der Waals surface area contributed by atoms with Crippen molar-refractivity contribution in [2.45, 2.75) is 53.0 Å². The van der Waals surface area contributed by atoms with Gasteiger partial charge in [0, 0.05) is 45.8 Å². The van der Waals surface area contributed by atoms with Crippen molar-refractivity contribution in [1.82, 2.24) is 20.4 Å². The van der Waals surface area contributed by atoms with Crippen molar-refractivity contribution in [3.8, 4) is 0 Å². The molecule has 0 spiro atoms. The number of nitrogens with one attached hydrogen (secondary N) is 2. The number of likely N-dealkylation sites (N-methyl/N-ethyl adjacent to an activating group) is 1. The summed E-state index contributed by atoms with van der Waals surface area (Å²) in [5.74, 6) is 1.72. The van der Waals surface area contributed by atoms with Gasteiger partial charge < -0.3 is 20.4 Å². The molecule has 1 saturated heterocycles. The van der Waals surface area contributed by atoms with Gasteiger partial charge >= 0.3 is 0 Å². The third kappa shape index (κ3) is 8.56. The number of hydrogen-bond donors (Lipinski definition) is 2. The van der Waals surface area contributed by atoms with Crippen molar-refractivity contribution in [3.05, 3.63) is 0 Å². The molecule has 5 nitrogen and oxygen atoms in total. The lowest BCUT2D eigenvalue weighted by Crippen LogP contribution is -2.50. The molecule has 1 fully saturated rings. The number of piperidine rings is 1. The average molecular weight is 326 g/mol. The second-order valence-corrected chi connectivity index (χ2v) is 7.05. The minimum atomic E-state index is 0.558. The summed E-state index contributed by atoms with van der Waals surface area (Å²) in [5, 5.41) is 7.06. The van der Waals surface area contributed by atoms with Crippen molar-refractivity contribution in [2.24, 2.45) is 10.9 Å². The van der Waals surface area contributed by atoms with Crippen LogP contribution in [0.1, 0.15) is 47.0 Å². The van der Waals surface area contributed by atoms with E-state index in [0.717, 1.165) is 31.5 Å². The van der Waals surface area contributed by atoms with E-state index in [9.17, 15) is 0 Å². The third-order valence-corrected chi connectivity index (χ3v) is 4.48. The molecular formula is C18H39N5. The maximum Gasteiger partial charge on any atom is 0.191 e. The first-order valence-electron chi connectivity index (χ1n) is 9.50. The standard InChI is InChI=1S/C18H39N5/c1-6-11-22(7-2)14-10-20-18(19-5)21-17-8-12-23(13-9-17)15-16(3)4/h16-17H,6-15H2,1-5H3,(H2,19,20,21). The summed E-state index contributed by atoms with van der Waals surface area (Å²) >= 11 is 0. The topological polar surface area (TPSA) is 42.9 Å². The number of nitrogens with zero attached hydrogens (tertiary/aromatic N) is 3. The van der Waals surface area contributed by atoms with E-state index in [1.807, 2.05) is 7.05 Å². The molecule has 1 aliphatic heterocycles. The Hall–Kier alpha value is -0.810. The Morgan fingerprint density at radius 3 is 2.43 bits per heavy atom. The van der Waals surface area contributed by atoms with E-state index in [1.54, 1.807) is 0 Å². The predicted octanol–water partition coefficient (Wildman–Crippen LogP) is 2.00. The summed E-state index contributed by atoms with van der Waals surface area (Å²) in [6, 6.07) is 0.558. The zero-order chi connectivity index (χ0) is 17.1. The number of likely N-dealkylation sites (tertiary alicyclic amines) is 1. The molecule has 2 N–H and O–H groups in total. The van der Waals surface area contributed by atoms with Crippen LogP contribution in [0.2, 0.25) is 0 Å². The second-order valence-electron chi connectivity index (χ2n) is 7.05. The van der Waals surface area contributed by atoms with Crippen LogP contribution in [0.15, 0.2) is 4.99 Å². The van der Waals surface area contributed by atoms with Crippen LogP contribution >= 0.6 is 0 Å². The highest BCUT2D eigenvalue weighted by molar-refractivity contribution is 5.79. The molecule has 1 heterocycles. The predicted molar refractivity (Wildman–Crippen MR) is 101 cm³/mol. The fourth-order valence-electron chi connectivity index (χ4n) is 3.24. The molecule has 136 valence electrons. The van der Waals surface area contributed by atoms with Gasteiger partial charge in [-0.2, -0.15) is 0 Å². The molecule has 23 heavy (non-hydrogen) atoms. The smallest absolute Gasteiger partial charge is 0.191 e. The van der Waals surface area contributed by atoms with E-state index < -0.39 is 0 Å². The lowest BCUT2D eigenvalue weighted by molar-refractivity contribution is 0.186. The van der Waals surface area contributed by atoms with Crippen LogP contribution in [0, 0.1) is 5.92 Å². The molecule has 0 saturated carbocycles. The van der Waals surface area contributed by atoms with E-state index in [1.165, 1.54) is 45.4 Å². The van der Waals surface area contributed by atoms with Crippen molar-refractivity contribution in [2.75, 3.05) is 52.9 Å². The summed E-state index contributed by atoms with van der Waals surface area (Å²) in [7, 11) is 1.87. The monoisotopic (exact) mass is 325 g/mol. The molecule has 0 atom stereocenters. The van der Waals surface area contributed by atoms with Crippen molar-refractivity contribution >= 4 is 5.96 Å². The van der Waals surface area contributed by atoms with Crippen LogP contribution in [-0.2, 0) is 0 Å². The first-order valence-corrected chi connectivity index (χ1v) is 9.50. The van der Waals surface area contributed by atoms with Gasteiger partial charge in [-0.25, -0.2) is 0 Å². The van der Waals surface area contributed by atoms with Gasteiger partial charge in [-0.1, -0.05) is 27.7 Å². The van der Waals surface area contributed by atoms with Gasteiger partial charge in [0.2, 0.25) is 0 Å². The van der Waals surface area contributed by atoms with Gasteiger partial charge in [0.05, 0.1) is 0 Å². The van der Waals surface area contributed by atoms with E-state index in [-0.39, 0.29) is 0 Å². The summed E-state index contributed by atoms with van der Waals surface area (Å²) in [5.41, 5.74) is 0. The third-order valence-electron chi connectivity index (χ3n) is 4.48. The maximum absolute atomic E-state index is 4.38. The average Bonchev–Trinajstić information content (AvgIpc) is 2.54. The molecule has 0 aromatic rings. The fourth-order valence-corrected chi connectivity index (χ4v) is 3.24. The molecule has 0 aromatic carbocycles. The van der Waals surface area contributed by atoms with Gasteiger partial charge in [0.15, 0.2) is 5.96 Å². The molecule has 1 aliphatic rings. The summed E-state index contributed by atoms with van der Waals surface area (Å²) in [6.07, 6.45) is 3.64. The van der Waals surface area contributed by atoms with Crippen LogP contribution in [0.3, 0.4) is 0 Å². The van der Waals surface area contributed by atoms with Gasteiger partial charge in [0.25, 0.3) is 0 Å². The van der Waals surface area contributed by atoms with Crippen LogP contribution in [0.5, 0.6) is 0 Å². The van der Waals surface area contributed by atoms with Crippen molar-refractivity contribution < 1.29 is 0 Å². The van der Waals surface area contributed by atoms with Crippen LogP contribution < -0.4 is 10.6 Å². The maximum atomic E-state index is 4.38. The van der Waals surface area contributed by atoms with Crippen LogP contribution in [-0.4, -0.2) is 74.7 Å². The number of guanidine groups is 1. The SMILES string of the molecule is CCCN(CC)CCNC(=NC)NC1CCN(CC(C)C)CC1. The Labute approximate surface area is 143 Å². The minimum Gasteiger partial charge on any atom is -0.355 e. The molecule has 5 heteroatoms.